The second-order valence-electron chi connectivity index (χ2n) is 5.65. The van der Waals surface area contributed by atoms with E-state index in [9.17, 15) is 9.59 Å². The van der Waals surface area contributed by atoms with Crippen LogP contribution in [0.3, 0.4) is 0 Å². The van der Waals surface area contributed by atoms with Gasteiger partial charge in [-0.2, -0.15) is 0 Å². The highest BCUT2D eigenvalue weighted by atomic mass is 35.5. The summed E-state index contributed by atoms with van der Waals surface area (Å²) in [4.78, 5) is 25.6. The molecule has 0 saturated heterocycles. The van der Waals surface area contributed by atoms with Crippen molar-refractivity contribution < 1.29 is 14.3 Å². The molecular formula is C19H21ClN2O3. The van der Waals surface area contributed by atoms with Crippen LogP contribution in [0.2, 0.25) is 5.02 Å². The van der Waals surface area contributed by atoms with Crippen LogP contribution >= 0.6 is 11.6 Å². The Labute approximate surface area is 152 Å². The summed E-state index contributed by atoms with van der Waals surface area (Å²) in [5.74, 6) is 0.124. The predicted molar refractivity (Wildman–Crippen MR) is 98.1 cm³/mol. The number of nitrogens with one attached hydrogen (secondary N) is 1. The molecule has 0 atom stereocenters. The van der Waals surface area contributed by atoms with Crippen molar-refractivity contribution in [3.05, 3.63) is 64.7 Å². The molecule has 2 aromatic rings. The average molecular weight is 361 g/mol. The summed E-state index contributed by atoms with van der Waals surface area (Å²) in [5.41, 5.74) is 1.53. The van der Waals surface area contributed by atoms with Gasteiger partial charge in [-0.1, -0.05) is 41.4 Å². The van der Waals surface area contributed by atoms with E-state index in [2.05, 4.69) is 5.32 Å². The summed E-state index contributed by atoms with van der Waals surface area (Å²) < 4.78 is 5.55. The lowest BCUT2D eigenvalue weighted by Gasteiger charge is -2.18. The zero-order valence-electron chi connectivity index (χ0n) is 14.3. The Hall–Kier alpha value is -2.53. The molecule has 0 aliphatic heterocycles. The average Bonchev–Trinajstić information content (AvgIpc) is 2.60. The Morgan fingerprint density at radius 2 is 1.92 bits per heavy atom. The first kappa shape index (κ1) is 18.8. The van der Waals surface area contributed by atoms with E-state index in [0.717, 1.165) is 5.56 Å². The van der Waals surface area contributed by atoms with Gasteiger partial charge in [0, 0.05) is 12.6 Å². The minimum Gasteiger partial charge on any atom is -0.490 e. The van der Waals surface area contributed by atoms with Gasteiger partial charge in [0.15, 0.2) is 0 Å². The molecule has 6 heteroatoms. The number of carbonyl (C=O) groups excluding carboxylic acids is 2. The summed E-state index contributed by atoms with van der Waals surface area (Å²) in [6.45, 7) is 2.56. The zero-order chi connectivity index (χ0) is 18.2. The third-order valence-corrected chi connectivity index (χ3v) is 3.94. The molecule has 2 rings (SSSR count). The molecule has 0 fully saturated rings. The van der Waals surface area contributed by atoms with E-state index in [4.69, 9.17) is 16.3 Å². The second kappa shape index (κ2) is 9.08. The van der Waals surface area contributed by atoms with E-state index >= 15 is 0 Å². The molecule has 0 saturated carbocycles. The van der Waals surface area contributed by atoms with Crippen LogP contribution in [0, 0.1) is 6.92 Å². The first-order valence-electron chi connectivity index (χ1n) is 7.93. The van der Waals surface area contributed by atoms with Crippen LogP contribution in [0.5, 0.6) is 5.75 Å². The molecular weight excluding hydrogens is 340 g/mol. The molecule has 0 aliphatic rings. The SMILES string of the molecule is Cc1cccc(C(=O)NCC(=O)N(C)CCOc2ccccc2Cl)c1. The summed E-state index contributed by atoms with van der Waals surface area (Å²) in [5, 5.41) is 3.16. The van der Waals surface area contributed by atoms with Crippen LogP contribution in [-0.2, 0) is 4.79 Å². The maximum atomic E-state index is 12.1. The quantitative estimate of drug-likeness (QED) is 0.826. The smallest absolute Gasteiger partial charge is 0.251 e. The van der Waals surface area contributed by atoms with E-state index in [1.165, 1.54) is 4.90 Å². The number of halogens is 1. The van der Waals surface area contributed by atoms with Crippen molar-refractivity contribution in [2.75, 3.05) is 26.7 Å². The molecule has 0 aromatic heterocycles. The minimum atomic E-state index is -0.266. The van der Waals surface area contributed by atoms with Gasteiger partial charge in [0.05, 0.1) is 18.1 Å². The molecule has 132 valence electrons. The molecule has 5 nitrogen and oxygen atoms in total. The number of carbonyl (C=O) groups is 2. The van der Waals surface area contributed by atoms with E-state index in [0.29, 0.717) is 29.5 Å². The maximum absolute atomic E-state index is 12.1. The highest BCUT2D eigenvalue weighted by molar-refractivity contribution is 6.32. The van der Waals surface area contributed by atoms with Crippen molar-refractivity contribution in [3.63, 3.8) is 0 Å². The predicted octanol–water partition coefficient (Wildman–Crippen LogP) is 2.92. The second-order valence-corrected chi connectivity index (χ2v) is 6.05. The first-order valence-corrected chi connectivity index (χ1v) is 8.31. The summed E-state index contributed by atoms with van der Waals surface area (Å²) >= 11 is 6.00. The fourth-order valence-corrected chi connectivity index (χ4v) is 2.35. The zero-order valence-corrected chi connectivity index (χ0v) is 15.0. The molecule has 0 aliphatic carbocycles. The van der Waals surface area contributed by atoms with E-state index in [-0.39, 0.29) is 18.4 Å². The largest absolute Gasteiger partial charge is 0.490 e. The van der Waals surface area contributed by atoms with Gasteiger partial charge in [0.2, 0.25) is 5.91 Å². The van der Waals surface area contributed by atoms with Crippen LogP contribution < -0.4 is 10.1 Å². The van der Waals surface area contributed by atoms with Crippen molar-refractivity contribution in [2.24, 2.45) is 0 Å². The topological polar surface area (TPSA) is 58.6 Å². The normalized spacial score (nSPS) is 10.2. The number of amides is 2. The van der Waals surface area contributed by atoms with Crippen LogP contribution in [0.15, 0.2) is 48.5 Å². The molecule has 0 bridgehead atoms. The Morgan fingerprint density at radius 3 is 2.64 bits per heavy atom. The number of aryl methyl sites for hydroxylation is 1. The molecule has 0 heterocycles. The summed E-state index contributed by atoms with van der Waals surface area (Å²) in [6.07, 6.45) is 0. The first-order chi connectivity index (χ1) is 12.0. The number of hydrogen-bond donors (Lipinski definition) is 1. The van der Waals surface area contributed by atoms with Gasteiger partial charge in [-0.3, -0.25) is 9.59 Å². The van der Waals surface area contributed by atoms with Gasteiger partial charge < -0.3 is 15.0 Å². The summed E-state index contributed by atoms with van der Waals surface area (Å²) in [7, 11) is 1.66. The molecule has 0 radical (unpaired) electrons. The van der Waals surface area contributed by atoms with Crippen molar-refractivity contribution >= 4 is 23.4 Å². The lowest BCUT2D eigenvalue weighted by atomic mass is 10.1. The number of ether oxygens (including phenoxy) is 1. The van der Waals surface area contributed by atoms with Crippen molar-refractivity contribution in [1.29, 1.82) is 0 Å². The van der Waals surface area contributed by atoms with Gasteiger partial charge in [-0.25, -0.2) is 0 Å². The molecule has 25 heavy (non-hydrogen) atoms. The van der Waals surface area contributed by atoms with Crippen LogP contribution in [0.25, 0.3) is 0 Å². The van der Waals surface area contributed by atoms with Gasteiger partial charge in [-0.05, 0) is 31.2 Å². The molecule has 2 amide bonds. The highest BCUT2D eigenvalue weighted by Gasteiger charge is 2.12. The molecule has 2 aromatic carbocycles. The lowest BCUT2D eigenvalue weighted by Crippen LogP contribution is -2.39. The van der Waals surface area contributed by atoms with Crippen LogP contribution in [-0.4, -0.2) is 43.5 Å². The van der Waals surface area contributed by atoms with Crippen LogP contribution in [0.4, 0.5) is 0 Å². The summed E-state index contributed by atoms with van der Waals surface area (Å²) in [6, 6.07) is 14.4. The maximum Gasteiger partial charge on any atom is 0.251 e. The Balaban J connectivity index is 1.75. The number of likely N-dealkylation sites (N-methyl/N-ethyl adjacent to an activating group) is 1. The number of rotatable bonds is 7. The van der Waals surface area contributed by atoms with E-state index in [1.807, 2.05) is 31.2 Å². The number of para-hydroxylation sites is 1. The lowest BCUT2D eigenvalue weighted by molar-refractivity contribution is -0.129. The van der Waals surface area contributed by atoms with Crippen LogP contribution in [0.1, 0.15) is 15.9 Å². The fourth-order valence-electron chi connectivity index (χ4n) is 2.16. The molecule has 0 spiro atoms. The number of nitrogens with zero attached hydrogens (tertiary/aromatic N) is 1. The Bertz CT molecular complexity index is 749. The van der Waals surface area contributed by atoms with Gasteiger partial charge in [-0.15, -0.1) is 0 Å². The number of hydrogen-bond acceptors (Lipinski definition) is 3. The van der Waals surface area contributed by atoms with Gasteiger partial charge in [0.25, 0.3) is 5.91 Å². The Morgan fingerprint density at radius 1 is 1.16 bits per heavy atom. The third-order valence-electron chi connectivity index (χ3n) is 3.63. The number of benzene rings is 2. The third kappa shape index (κ3) is 5.80. The minimum absolute atomic E-state index is 0.0602. The fraction of sp³-hybridized carbons (Fsp3) is 0.263. The highest BCUT2D eigenvalue weighted by Crippen LogP contribution is 2.22. The van der Waals surface area contributed by atoms with Gasteiger partial charge in [0.1, 0.15) is 12.4 Å². The monoisotopic (exact) mass is 360 g/mol. The van der Waals surface area contributed by atoms with Crippen molar-refractivity contribution in [3.8, 4) is 5.75 Å². The van der Waals surface area contributed by atoms with Gasteiger partial charge >= 0.3 is 0 Å². The van der Waals surface area contributed by atoms with E-state index in [1.54, 1.807) is 31.3 Å². The molecule has 0 unspecified atom stereocenters. The van der Waals surface area contributed by atoms with E-state index < -0.39 is 0 Å². The standard InChI is InChI=1S/C19H21ClN2O3/c1-14-6-5-7-15(12-14)19(24)21-13-18(23)22(2)10-11-25-17-9-4-3-8-16(17)20/h3-9,12H,10-11,13H2,1-2H3,(H,21,24). The Kier molecular flexibility index (Phi) is 6.83. The van der Waals surface area contributed by atoms with Crippen molar-refractivity contribution in [1.82, 2.24) is 10.2 Å². The molecule has 1 N–H and O–H groups in total. The van der Waals surface area contributed by atoms with Crippen molar-refractivity contribution in [2.45, 2.75) is 6.92 Å².